The van der Waals surface area contributed by atoms with Crippen LogP contribution < -0.4 is 10.1 Å². The van der Waals surface area contributed by atoms with Crippen molar-refractivity contribution in [1.29, 1.82) is 0 Å². The van der Waals surface area contributed by atoms with E-state index in [0.717, 1.165) is 16.8 Å². The Morgan fingerprint density at radius 3 is 2.59 bits per heavy atom. The summed E-state index contributed by atoms with van der Waals surface area (Å²) in [5.74, 6) is 1.36. The van der Waals surface area contributed by atoms with Gasteiger partial charge in [-0.25, -0.2) is 0 Å². The van der Waals surface area contributed by atoms with Gasteiger partial charge in [-0.2, -0.15) is 5.10 Å². The number of hydrogen-bond donors (Lipinski definition) is 1. The molecule has 2 aromatic carbocycles. The predicted molar refractivity (Wildman–Crippen MR) is 126 cm³/mol. The topological polar surface area (TPSA) is 86.9 Å². The number of para-hydroxylation sites is 2. The number of benzene rings is 2. The standard InChI is InChI=1S/C23H24N6O2S/c1-15-9-11-16(12-10-15)21-17(13-28(2)27-21)22-25-26-23(29(22)3)32-14-20(30)24-18-7-5-6-8-19(18)31-4/h5-13H,14H2,1-4H3,(H,24,30). The van der Waals surface area contributed by atoms with E-state index in [1.807, 2.05) is 37.0 Å². The van der Waals surface area contributed by atoms with E-state index < -0.39 is 0 Å². The molecule has 0 unspecified atom stereocenters. The first kappa shape index (κ1) is 21.6. The summed E-state index contributed by atoms with van der Waals surface area (Å²) in [6.45, 7) is 2.05. The van der Waals surface area contributed by atoms with E-state index in [9.17, 15) is 4.79 Å². The molecule has 0 saturated heterocycles. The molecule has 2 heterocycles. The van der Waals surface area contributed by atoms with E-state index >= 15 is 0 Å². The Labute approximate surface area is 190 Å². The van der Waals surface area contributed by atoms with Gasteiger partial charge >= 0.3 is 0 Å². The van der Waals surface area contributed by atoms with Crippen LogP contribution in [0.2, 0.25) is 0 Å². The van der Waals surface area contributed by atoms with Gasteiger partial charge in [-0.15, -0.1) is 10.2 Å². The fourth-order valence-electron chi connectivity index (χ4n) is 3.32. The molecule has 0 saturated carbocycles. The quantitative estimate of drug-likeness (QED) is 0.431. The molecule has 1 N–H and O–H groups in total. The van der Waals surface area contributed by atoms with Crippen molar-refractivity contribution < 1.29 is 9.53 Å². The van der Waals surface area contributed by atoms with Crippen molar-refractivity contribution in [3.63, 3.8) is 0 Å². The minimum Gasteiger partial charge on any atom is -0.495 e. The Morgan fingerprint density at radius 1 is 1.09 bits per heavy atom. The fraction of sp³-hybridized carbons (Fsp3) is 0.217. The Bertz CT molecular complexity index is 1250. The third-order valence-corrected chi connectivity index (χ3v) is 5.96. The van der Waals surface area contributed by atoms with Crippen molar-refractivity contribution in [2.24, 2.45) is 14.1 Å². The fourth-order valence-corrected chi connectivity index (χ4v) is 4.03. The highest BCUT2D eigenvalue weighted by Crippen LogP contribution is 2.31. The molecule has 2 aromatic heterocycles. The largest absolute Gasteiger partial charge is 0.495 e. The zero-order valence-electron chi connectivity index (χ0n) is 18.4. The molecular formula is C23H24N6O2S. The van der Waals surface area contributed by atoms with Crippen LogP contribution in [-0.4, -0.2) is 43.3 Å². The van der Waals surface area contributed by atoms with Gasteiger partial charge in [0.25, 0.3) is 0 Å². The highest BCUT2D eigenvalue weighted by molar-refractivity contribution is 7.99. The summed E-state index contributed by atoms with van der Waals surface area (Å²) in [6, 6.07) is 15.5. The number of ether oxygens (including phenoxy) is 1. The van der Waals surface area contributed by atoms with Crippen LogP contribution in [0.5, 0.6) is 5.75 Å². The smallest absolute Gasteiger partial charge is 0.234 e. The third kappa shape index (κ3) is 4.52. The van der Waals surface area contributed by atoms with Crippen LogP contribution in [-0.2, 0) is 18.9 Å². The lowest BCUT2D eigenvalue weighted by atomic mass is 10.1. The minimum atomic E-state index is -0.147. The van der Waals surface area contributed by atoms with Gasteiger partial charge in [-0.05, 0) is 19.1 Å². The Hall–Kier alpha value is -3.59. The molecule has 0 fully saturated rings. The Balaban J connectivity index is 1.51. The van der Waals surface area contributed by atoms with Crippen LogP contribution in [0, 0.1) is 6.92 Å². The zero-order valence-corrected chi connectivity index (χ0v) is 19.2. The molecule has 1 amide bonds. The van der Waals surface area contributed by atoms with Crippen molar-refractivity contribution in [3.05, 3.63) is 60.3 Å². The van der Waals surface area contributed by atoms with Crippen molar-refractivity contribution in [1.82, 2.24) is 24.5 Å². The summed E-state index contributed by atoms with van der Waals surface area (Å²) in [6.07, 6.45) is 1.93. The van der Waals surface area contributed by atoms with E-state index in [-0.39, 0.29) is 11.7 Å². The molecule has 0 bridgehead atoms. The molecule has 0 aliphatic carbocycles. The molecule has 164 valence electrons. The number of methoxy groups -OCH3 is 1. The van der Waals surface area contributed by atoms with E-state index in [1.165, 1.54) is 17.3 Å². The lowest BCUT2D eigenvalue weighted by Gasteiger charge is -2.09. The van der Waals surface area contributed by atoms with Gasteiger partial charge in [0, 0.05) is 25.9 Å². The first-order valence-corrected chi connectivity index (χ1v) is 11.0. The van der Waals surface area contributed by atoms with Gasteiger partial charge in [0.2, 0.25) is 5.91 Å². The normalized spacial score (nSPS) is 10.9. The molecule has 9 heteroatoms. The van der Waals surface area contributed by atoms with E-state index in [2.05, 4.69) is 51.8 Å². The summed E-state index contributed by atoms with van der Waals surface area (Å²) >= 11 is 1.32. The SMILES string of the molecule is COc1ccccc1NC(=O)CSc1nnc(-c2cn(C)nc2-c2ccc(C)cc2)n1C. The molecule has 0 radical (unpaired) electrons. The van der Waals surface area contributed by atoms with E-state index in [4.69, 9.17) is 4.74 Å². The van der Waals surface area contributed by atoms with Crippen LogP contribution in [0.1, 0.15) is 5.56 Å². The average Bonchev–Trinajstić information content (AvgIpc) is 3.35. The second kappa shape index (κ2) is 9.27. The molecular weight excluding hydrogens is 424 g/mol. The van der Waals surface area contributed by atoms with E-state index in [1.54, 1.807) is 23.9 Å². The van der Waals surface area contributed by atoms with Crippen LogP contribution in [0.25, 0.3) is 22.6 Å². The van der Waals surface area contributed by atoms with Crippen molar-refractivity contribution in [2.75, 3.05) is 18.2 Å². The first-order chi connectivity index (χ1) is 15.5. The van der Waals surface area contributed by atoms with Gasteiger partial charge in [0.05, 0.1) is 24.1 Å². The number of nitrogens with one attached hydrogen (secondary N) is 1. The van der Waals surface area contributed by atoms with Crippen LogP contribution in [0.4, 0.5) is 5.69 Å². The highest BCUT2D eigenvalue weighted by atomic mass is 32.2. The lowest BCUT2D eigenvalue weighted by Crippen LogP contribution is -2.15. The summed E-state index contributed by atoms with van der Waals surface area (Å²) < 4.78 is 8.94. The monoisotopic (exact) mass is 448 g/mol. The second-order valence-electron chi connectivity index (χ2n) is 7.33. The summed E-state index contributed by atoms with van der Waals surface area (Å²) in [5, 5.41) is 16.8. The van der Waals surface area contributed by atoms with Gasteiger partial charge in [0.1, 0.15) is 11.4 Å². The average molecular weight is 449 g/mol. The van der Waals surface area contributed by atoms with E-state index in [0.29, 0.717) is 22.4 Å². The summed E-state index contributed by atoms with van der Waals surface area (Å²) in [7, 11) is 5.35. The predicted octanol–water partition coefficient (Wildman–Crippen LogP) is 3.93. The molecule has 0 spiro atoms. The van der Waals surface area contributed by atoms with Crippen LogP contribution in [0.3, 0.4) is 0 Å². The van der Waals surface area contributed by atoms with Gasteiger partial charge < -0.3 is 14.6 Å². The summed E-state index contributed by atoms with van der Waals surface area (Å²) in [5.41, 5.74) is 4.57. The Kier molecular flexibility index (Phi) is 6.27. The van der Waals surface area contributed by atoms with Gasteiger partial charge in [-0.1, -0.05) is 53.7 Å². The van der Waals surface area contributed by atoms with Crippen LogP contribution >= 0.6 is 11.8 Å². The molecule has 8 nitrogen and oxygen atoms in total. The molecule has 4 rings (SSSR count). The number of aromatic nitrogens is 5. The zero-order chi connectivity index (χ0) is 22.7. The Morgan fingerprint density at radius 2 is 1.84 bits per heavy atom. The maximum Gasteiger partial charge on any atom is 0.234 e. The molecule has 0 aliphatic rings. The number of amides is 1. The number of nitrogens with zero attached hydrogens (tertiary/aromatic N) is 5. The highest BCUT2D eigenvalue weighted by Gasteiger charge is 2.19. The van der Waals surface area contributed by atoms with Crippen LogP contribution in [0.15, 0.2) is 59.9 Å². The molecule has 0 aliphatic heterocycles. The number of carbonyl (C=O) groups is 1. The number of thioether (sulfide) groups is 1. The minimum absolute atomic E-state index is 0.147. The maximum absolute atomic E-state index is 12.5. The number of carbonyl (C=O) groups excluding carboxylic acids is 1. The van der Waals surface area contributed by atoms with Gasteiger partial charge in [0.15, 0.2) is 11.0 Å². The number of hydrogen-bond acceptors (Lipinski definition) is 6. The maximum atomic E-state index is 12.5. The van der Waals surface area contributed by atoms with Crippen molar-refractivity contribution in [3.8, 4) is 28.4 Å². The lowest BCUT2D eigenvalue weighted by molar-refractivity contribution is -0.113. The first-order valence-electron chi connectivity index (χ1n) is 10.0. The molecule has 4 aromatic rings. The molecule has 0 atom stereocenters. The summed E-state index contributed by atoms with van der Waals surface area (Å²) in [4.78, 5) is 12.5. The number of anilines is 1. The van der Waals surface area contributed by atoms with Crippen molar-refractivity contribution in [2.45, 2.75) is 12.1 Å². The van der Waals surface area contributed by atoms with Gasteiger partial charge in [-0.3, -0.25) is 9.48 Å². The number of rotatable bonds is 7. The number of aryl methyl sites for hydroxylation is 2. The third-order valence-electron chi connectivity index (χ3n) is 4.94. The second-order valence-corrected chi connectivity index (χ2v) is 8.28. The molecule has 32 heavy (non-hydrogen) atoms. The van der Waals surface area contributed by atoms with Crippen molar-refractivity contribution >= 4 is 23.4 Å².